The summed E-state index contributed by atoms with van der Waals surface area (Å²) in [5.41, 5.74) is 3.46. The summed E-state index contributed by atoms with van der Waals surface area (Å²) in [6.45, 7) is 5.74. The van der Waals surface area contributed by atoms with Crippen molar-refractivity contribution in [1.29, 1.82) is 0 Å². The van der Waals surface area contributed by atoms with Crippen LogP contribution in [0.3, 0.4) is 0 Å². The Hall–Kier alpha value is -1.42. The van der Waals surface area contributed by atoms with Gasteiger partial charge in [-0.05, 0) is 35.9 Å². The van der Waals surface area contributed by atoms with Crippen molar-refractivity contribution >= 4 is 11.6 Å². The third-order valence-electron chi connectivity index (χ3n) is 3.97. The van der Waals surface area contributed by atoms with E-state index in [1.807, 2.05) is 36.7 Å². The van der Waals surface area contributed by atoms with E-state index in [-0.39, 0.29) is 0 Å². The lowest BCUT2D eigenvalue weighted by molar-refractivity contribution is -0.00584. The molecule has 0 radical (unpaired) electrons. The standard InChI is InChI=1S/C17H19ClN2O/c1-2-20-7-8-21-12-17(20)15-9-14(10-19-11-15)13-3-5-16(18)6-4-13/h3-6,9-11,17H,2,7-8,12H2,1H3. The SMILES string of the molecule is CCN1CCOCC1c1cncc(-c2ccc(Cl)cc2)c1. The second-order valence-electron chi connectivity index (χ2n) is 5.23. The van der Waals surface area contributed by atoms with Gasteiger partial charge in [0.25, 0.3) is 0 Å². The number of ether oxygens (including phenoxy) is 1. The third kappa shape index (κ3) is 3.26. The molecular weight excluding hydrogens is 284 g/mol. The fourth-order valence-electron chi connectivity index (χ4n) is 2.76. The third-order valence-corrected chi connectivity index (χ3v) is 4.22. The van der Waals surface area contributed by atoms with E-state index in [0.717, 1.165) is 42.5 Å². The van der Waals surface area contributed by atoms with Crippen LogP contribution < -0.4 is 0 Å². The lowest BCUT2D eigenvalue weighted by Crippen LogP contribution is -2.39. The van der Waals surface area contributed by atoms with E-state index in [9.17, 15) is 0 Å². The van der Waals surface area contributed by atoms with E-state index >= 15 is 0 Å². The van der Waals surface area contributed by atoms with Gasteiger partial charge in [0.2, 0.25) is 0 Å². The molecule has 21 heavy (non-hydrogen) atoms. The number of hydrogen-bond donors (Lipinski definition) is 0. The topological polar surface area (TPSA) is 25.4 Å². The highest BCUT2D eigenvalue weighted by molar-refractivity contribution is 6.30. The number of nitrogens with zero attached hydrogens (tertiary/aromatic N) is 2. The Kier molecular flexibility index (Phi) is 4.54. The molecule has 1 saturated heterocycles. The Morgan fingerprint density at radius 1 is 1.24 bits per heavy atom. The van der Waals surface area contributed by atoms with Gasteiger partial charge in [-0.3, -0.25) is 9.88 Å². The Labute approximate surface area is 130 Å². The first kappa shape index (κ1) is 14.5. The van der Waals surface area contributed by atoms with E-state index in [1.54, 1.807) is 0 Å². The van der Waals surface area contributed by atoms with Gasteiger partial charge < -0.3 is 4.74 Å². The van der Waals surface area contributed by atoms with Crippen LogP contribution >= 0.6 is 11.6 Å². The van der Waals surface area contributed by atoms with Gasteiger partial charge in [-0.25, -0.2) is 0 Å². The van der Waals surface area contributed by atoms with Crippen molar-refractivity contribution in [2.45, 2.75) is 13.0 Å². The molecule has 1 aromatic carbocycles. The maximum atomic E-state index is 5.95. The molecule has 0 N–H and O–H groups in total. The molecule has 2 heterocycles. The highest BCUT2D eigenvalue weighted by Gasteiger charge is 2.23. The van der Waals surface area contributed by atoms with Gasteiger partial charge in [0.1, 0.15) is 0 Å². The first-order valence-electron chi connectivity index (χ1n) is 7.30. The van der Waals surface area contributed by atoms with Crippen molar-refractivity contribution in [3.8, 4) is 11.1 Å². The Bertz CT molecular complexity index is 600. The van der Waals surface area contributed by atoms with Crippen LogP contribution in [-0.4, -0.2) is 36.2 Å². The monoisotopic (exact) mass is 302 g/mol. The largest absolute Gasteiger partial charge is 0.378 e. The molecule has 1 fully saturated rings. The summed E-state index contributed by atoms with van der Waals surface area (Å²) < 4.78 is 5.64. The van der Waals surface area contributed by atoms with Crippen molar-refractivity contribution < 1.29 is 4.74 Å². The van der Waals surface area contributed by atoms with Crippen LogP contribution in [0.2, 0.25) is 5.02 Å². The molecule has 110 valence electrons. The van der Waals surface area contributed by atoms with Gasteiger partial charge in [0.05, 0.1) is 19.3 Å². The van der Waals surface area contributed by atoms with E-state index in [1.165, 1.54) is 5.56 Å². The minimum Gasteiger partial charge on any atom is -0.378 e. The van der Waals surface area contributed by atoms with E-state index < -0.39 is 0 Å². The molecule has 1 aliphatic heterocycles. The average Bonchev–Trinajstić information content (AvgIpc) is 2.55. The smallest absolute Gasteiger partial charge is 0.0664 e. The molecule has 1 aromatic heterocycles. The van der Waals surface area contributed by atoms with Crippen molar-refractivity contribution in [2.75, 3.05) is 26.3 Å². The van der Waals surface area contributed by atoms with Crippen molar-refractivity contribution in [1.82, 2.24) is 9.88 Å². The van der Waals surface area contributed by atoms with Crippen LogP contribution in [0.25, 0.3) is 11.1 Å². The Balaban J connectivity index is 1.90. The Morgan fingerprint density at radius 2 is 2.05 bits per heavy atom. The molecule has 1 unspecified atom stereocenters. The zero-order valence-electron chi connectivity index (χ0n) is 12.1. The van der Waals surface area contributed by atoms with Crippen LogP contribution in [0.1, 0.15) is 18.5 Å². The molecule has 1 atom stereocenters. The number of morpholine rings is 1. The van der Waals surface area contributed by atoms with Gasteiger partial charge in [-0.15, -0.1) is 0 Å². The quantitative estimate of drug-likeness (QED) is 0.862. The lowest BCUT2D eigenvalue weighted by atomic mass is 10.0. The van der Waals surface area contributed by atoms with Gasteiger partial charge >= 0.3 is 0 Å². The molecule has 2 aromatic rings. The van der Waals surface area contributed by atoms with Crippen LogP contribution in [0.4, 0.5) is 0 Å². The molecule has 4 heteroatoms. The van der Waals surface area contributed by atoms with E-state index in [2.05, 4.69) is 22.9 Å². The van der Waals surface area contributed by atoms with Gasteiger partial charge in [0.15, 0.2) is 0 Å². The minimum absolute atomic E-state index is 0.295. The molecule has 0 aliphatic carbocycles. The summed E-state index contributed by atoms with van der Waals surface area (Å²) in [6, 6.07) is 10.4. The maximum absolute atomic E-state index is 5.95. The highest BCUT2D eigenvalue weighted by Crippen LogP contribution is 2.27. The van der Waals surface area contributed by atoms with Crippen LogP contribution in [0, 0.1) is 0 Å². The summed E-state index contributed by atoms with van der Waals surface area (Å²) >= 11 is 5.95. The van der Waals surface area contributed by atoms with Crippen molar-refractivity contribution in [3.63, 3.8) is 0 Å². The average molecular weight is 303 g/mol. The lowest BCUT2D eigenvalue weighted by Gasteiger charge is -2.34. The second-order valence-corrected chi connectivity index (χ2v) is 5.67. The molecule has 3 nitrogen and oxygen atoms in total. The summed E-state index contributed by atoms with van der Waals surface area (Å²) in [5.74, 6) is 0. The first-order chi connectivity index (χ1) is 10.3. The van der Waals surface area contributed by atoms with Crippen molar-refractivity contribution in [2.24, 2.45) is 0 Å². The first-order valence-corrected chi connectivity index (χ1v) is 7.68. The summed E-state index contributed by atoms with van der Waals surface area (Å²) in [4.78, 5) is 6.85. The fraction of sp³-hybridized carbons (Fsp3) is 0.353. The zero-order chi connectivity index (χ0) is 14.7. The van der Waals surface area contributed by atoms with Crippen LogP contribution in [0.5, 0.6) is 0 Å². The zero-order valence-corrected chi connectivity index (χ0v) is 12.9. The predicted molar refractivity (Wildman–Crippen MR) is 85.5 cm³/mol. The number of rotatable bonds is 3. The molecule has 0 saturated carbocycles. The molecule has 0 spiro atoms. The molecule has 1 aliphatic rings. The fourth-order valence-corrected chi connectivity index (χ4v) is 2.89. The molecular formula is C17H19ClN2O. The number of hydrogen-bond acceptors (Lipinski definition) is 3. The molecule has 3 rings (SSSR count). The van der Waals surface area contributed by atoms with Gasteiger partial charge in [-0.1, -0.05) is 30.7 Å². The Morgan fingerprint density at radius 3 is 2.81 bits per heavy atom. The van der Waals surface area contributed by atoms with Crippen LogP contribution in [0.15, 0.2) is 42.7 Å². The molecule has 0 amide bonds. The maximum Gasteiger partial charge on any atom is 0.0664 e. The van der Waals surface area contributed by atoms with E-state index in [0.29, 0.717) is 6.04 Å². The van der Waals surface area contributed by atoms with Gasteiger partial charge in [-0.2, -0.15) is 0 Å². The van der Waals surface area contributed by atoms with Gasteiger partial charge in [0, 0.05) is 29.5 Å². The summed E-state index contributed by atoms with van der Waals surface area (Å²) in [5, 5.41) is 0.751. The minimum atomic E-state index is 0.295. The van der Waals surface area contributed by atoms with Crippen LogP contribution in [-0.2, 0) is 4.74 Å². The second kappa shape index (κ2) is 6.56. The number of pyridine rings is 1. The normalized spacial score (nSPS) is 19.6. The van der Waals surface area contributed by atoms with E-state index in [4.69, 9.17) is 16.3 Å². The van der Waals surface area contributed by atoms with Crippen molar-refractivity contribution in [3.05, 3.63) is 53.3 Å². The summed E-state index contributed by atoms with van der Waals surface area (Å²) in [7, 11) is 0. The number of benzene rings is 1. The predicted octanol–water partition coefficient (Wildman–Crippen LogP) is 3.80. The number of aromatic nitrogens is 1. The summed E-state index contributed by atoms with van der Waals surface area (Å²) in [6.07, 6.45) is 3.84. The number of likely N-dealkylation sites (N-methyl/N-ethyl adjacent to an activating group) is 1. The molecule has 0 bridgehead atoms. The number of halogens is 1. The highest BCUT2D eigenvalue weighted by atomic mass is 35.5.